The first-order chi connectivity index (χ1) is 11.9. The number of carbonyl (C=O) groups is 2. The fourth-order valence-electron chi connectivity index (χ4n) is 1.96. The Balaban J connectivity index is 1.94. The number of aryl methyl sites for hydroxylation is 1. The molecule has 25 heavy (non-hydrogen) atoms. The van der Waals surface area contributed by atoms with Crippen molar-refractivity contribution in [3.05, 3.63) is 57.2 Å². The Morgan fingerprint density at radius 1 is 1.04 bits per heavy atom. The standard InChI is InChI=1S/C18H18IN3O2S/c1-3-16(23)20-13-6-8-14(9-7-13)21-18(25)22-17(24)12-5-4-11(2)15(19)10-12/h4-10H,3H2,1-2H3,(H,20,23)(H2,21,22,24,25). The molecule has 2 amide bonds. The Morgan fingerprint density at radius 3 is 2.20 bits per heavy atom. The largest absolute Gasteiger partial charge is 0.332 e. The van der Waals surface area contributed by atoms with E-state index in [0.29, 0.717) is 17.7 Å². The van der Waals surface area contributed by atoms with Crippen LogP contribution in [-0.2, 0) is 4.79 Å². The number of anilines is 2. The van der Waals surface area contributed by atoms with Crippen LogP contribution < -0.4 is 16.0 Å². The first kappa shape index (κ1) is 19.3. The summed E-state index contributed by atoms with van der Waals surface area (Å²) in [6.07, 6.45) is 0.425. The summed E-state index contributed by atoms with van der Waals surface area (Å²) >= 11 is 7.37. The number of nitrogens with one attached hydrogen (secondary N) is 3. The molecule has 130 valence electrons. The average molecular weight is 467 g/mol. The van der Waals surface area contributed by atoms with Crippen LogP contribution in [0.2, 0.25) is 0 Å². The van der Waals surface area contributed by atoms with Crippen molar-refractivity contribution < 1.29 is 9.59 Å². The van der Waals surface area contributed by atoms with Gasteiger partial charge in [-0.05, 0) is 83.7 Å². The highest BCUT2D eigenvalue weighted by atomic mass is 127. The molecular weight excluding hydrogens is 449 g/mol. The average Bonchev–Trinajstić information content (AvgIpc) is 2.58. The lowest BCUT2D eigenvalue weighted by molar-refractivity contribution is -0.115. The van der Waals surface area contributed by atoms with Gasteiger partial charge in [-0.25, -0.2) is 0 Å². The first-order valence-electron chi connectivity index (χ1n) is 7.67. The Labute approximate surface area is 165 Å². The Morgan fingerprint density at radius 2 is 1.64 bits per heavy atom. The van der Waals surface area contributed by atoms with Crippen LogP contribution in [0, 0.1) is 10.5 Å². The molecule has 2 rings (SSSR count). The summed E-state index contributed by atoms with van der Waals surface area (Å²) in [6, 6.07) is 12.6. The van der Waals surface area contributed by atoms with E-state index in [1.54, 1.807) is 37.3 Å². The molecule has 3 N–H and O–H groups in total. The van der Waals surface area contributed by atoms with Gasteiger partial charge in [0, 0.05) is 26.9 Å². The van der Waals surface area contributed by atoms with E-state index in [-0.39, 0.29) is 16.9 Å². The van der Waals surface area contributed by atoms with Gasteiger partial charge in [-0.3, -0.25) is 14.9 Å². The van der Waals surface area contributed by atoms with Gasteiger partial charge in [0.05, 0.1) is 0 Å². The van der Waals surface area contributed by atoms with Crippen molar-refractivity contribution >= 4 is 63.1 Å². The SMILES string of the molecule is CCC(=O)Nc1ccc(NC(=S)NC(=O)c2ccc(C)c(I)c2)cc1. The minimum atomic E-state index is -0.262. The van der Waals surface area contributed by atoms with Gasteiger partial charge in [-0.2, -0.15) is 0 Å². The van der Waals surface area contributed by atoms with Crippen molar-refractivity contribution in [1.29, 1.82) is 0 Å². The van der Waals surface area contributed by atoms with Crippen LogP contribution in [0.5, 0.6) is 0 Å². The van der Waals surface area contributed by atoms with Gasteiger partial charge in [-0.15, -0.1) is 0 Å². The molecule has 0 aliphatic carbocycles. The Bertz CT molecular complexity index is 806. The molecule has 2 aromatic carbocycles. The van der Waals surface area contributed by atoms with Crippen LogP contribution >= 0.6 is 34.8 Å². The van der Waals surface area contributed by atoms with E-state index in [2.05, 4.69) is 38.5 Å². The third-order valence-electron chi connectivity index (χ3n) is 3.41. The van der Waals surface area contributed by atoms with Crippen LogP contribution in [0.25, 0.3) is 0 Å². The smallest absolute Gasteiger partial charge is 0.257 e. The third-order valence-corrected chi connectivity index (χ3v) is 4.78. The van der Waals surface area contributed by atoms with Crippen molar-refractivity contribution in [2.75, 3.05) is 10.6 Å². The molecule has 0 atom stereocenters. The van der Waals surface area contributed by atoms with Gasteiger partial charge in [-0.1, -0.05) is 13.0 Å². The second-order valence-electron chi connectivity index (χ2n) is 5.35. The highest BCUT2D eigenvalue weighted by Gasteiger charge is 2.09. The highest BCUT2D eigenvalue weighted by Crippen LogP contribution is 2.15. The highest BCUT2D eigenvalue weighted by molar-refractivity contribution is 14.1. The van der Waals surface area contributed by atoms with Crippen molar-refractivity contribution in [2.24, 2.45) is 0 Å². The summed E-state index contributed by atoms with van der Waals surface area (Å²) in [4.78, 5) is 23.6. The second-order valence-corrected chi connectivity index (χ2v) is 6.92. The van der Waals surface area contributed by atoms with Crippen molar-refractivity contribution in [3.8, 4) is 0 Å². The fraction of sp³-hybridized carbons (Fsp3) is 0.167. The van der Waals surface area contributed by atoms with E-state index in [1.807, 2.05) is 19.1 Å². The van der Waals surface area contributed by atoms with Gasteiger partial charge in [0.15, 0.2) is 5.11 Å². The van der Waals surface area contributed by atoms with E-state index in [1.165, 1.54) is 0 Å². The topological polar surface area (TPSA) is 70.2 Å². The van der Waals surface area contributed by atoms with Gasteiger partial charge in [0.2, 0.25) is 5.91 Å². The fourth-order valence-corrected chi connectivity index (χ4v) is 2.68. The Kier molecular flexibility index (Phi) is 6.89. The van der Waals surface area contributed by atoms with Crippen LogP contribution in [0.3, 0.4) is 0 Å². The zero-order valence-corrected chi connectivity index (χ0v) is 16.8. The van der Waals surface area contributed by atoms with Crippen molar-refractivity contribution in [2.45, 2.75) is 20.3 Å². The normalized spacial score (nSPS) is 10.0. The van der Waals surface area contributed by atoms with Crippen molar-refractivity contribution in [1.82, 2.24) is 5.32 Å². The lowest BCUT2D eigenvalue weighted by Crippen LogP contribution is -2.34. The Hall–Kier alpha value is -2.00. The number of hydrogen-bond acceptors (Lipinski definition) is 3. The maximum atomic E-state index is 12.2. The molecule has 0 bridgehead atoms. The number of rotatable bonds is 4. The van der Waals surface area contributed by atoms with Crippen LogP contribution in [0.15, 0.2) is 42.5 Å². The predicted octanol–water partition coefficient (Wildman–Crippen LogP) is 4.07. The molecule has 0 saturated heterocycles. The number of hydrogen-bond donors (Lipinski definition) is 3. The molecular formula is C18H18IN3O2S. The molecule has 7 heteroatoms. The van der Waals surface area contributed by atoms with Crippen LogP contribution in [0.4, 0.5) is 11.4 Å². The number of amides is 2. The summed E-state index contributed by atoms with van der Waals surface area (Å²) in [7, 11) is 0. The molecule has 0 spiro atoms. The molecule has 0 heterocycles. The number of thiocarbonyl (C=S) groups is 1. The molecule has 0 saturated carbocycles. The van der Waals surface area contributed by atoms with Crippen LogP contribution in [0.1, 0.15) is 29.3 Å². The molecule has 5 nitrogen and oxygen atoms in total. The minimum Gasteiger partial charge on any atom is -0.332 e. The number of carbonyl (C=O) groups excluding carboxylic acids is 2. The van der Waals surface area contributed by atoms with E-state index in [9.17, 15) is 9.59 Å². The molecule has 0 radical (unpaired) electrons. The first-order valence-corrected chi connectivity index (χ1v) is 9.16. The maximum Gasteiger partial charge on any atom is 0.257 e. The van der Waals surface area contributed by atoms with Gasteiger partial charge >= 0.3 is 0 Å². The summed E-state index contributed by atoms with van der Waals surface area (Å²) in [5.41, 5.74) is 3.10. The third kappa shape index (κ3) is 5.79. The molecule has 0 aliphatic heterocycles. The van der Waals surface area contributed by atoms with Crippen molar-refractivity contribution in [3.63, 3.8) is 0 Å². The summed E-state index contributed by atoms with van der Waals surface area (Å²) in [5.74, 6) is -0.307. The van der Waals surface area contributed by atoms with Crippen LogP contribution in [-0.4, -0.2) is 16.9 Å². The summed E-state index contributed by atoms with van der Waals surface area (Å²) < 4.78 is 1.02. The molecule has 2 aromatic rings. The van der Waals surface area contributed by atoms with E-state index in [4.69, 9.17) is 12.2 Å². The minimum absolute atomic E-state index is 0.0452. The van der Waals surface area contributed by atoms with Gasteiger partial charge in [0.1, 0.15) is 0 Å². The predicted molar refractivity (Wildman–Crippen MR) is 113 cm³/mol. The van der Waals surface area contributed by atoms with Gasteiger partial charge < -0.3 is 10.6 Å². The number of benzene rings is 2. The second kappa shape index (κ2) is 8.91. The lowest BCUT2D eigenvalue weighted by Gasteiger charge is -2.11. The monoisotopic (exact) mass is 467 g/mol. The van der Waals surface area contributed by atoms with E-state index in [0.717, 1.165) is 14.8 Å². The zero-order valence-electron chi connectivity index (χ0n) is 13.9. The molecule has 0 aliphatic rings. The lowest BCUT2D eigenvalue weighted by atomic mass is 10.1. The summed E-state index contributed by atoms with van der Waals surface area (Å²) in [6.45, 7) is 3.78. The van der Waals surface area contributed by atoms with E-state index >= 15 is 0 Å². The molecule has 0 unspecified atom stereocenters. The maximum absolute atomic E-state index is 12.2. The van der Waals surface area contributed by atoms with E-state index < -0.39 is 0 Å². The van der Waals surface area contributed by atoms with Gasteiger partial charge in [0.25, 0.3) is 5.91 Å². The zero-order chi connectivity index (χ0) is 18.4. The summed E-state index contributed by atoms with van der Waals surface area (Å²) in [5, 5.41) is 8.58. The number of halogens is 1. The quantitative estimate of drug-likeness (QED) is 0.469. The molecule has 0 fully saturated rings. The molecule has 0 aromatic heterocycles.